The second-order valence-electron chi connectivity index (χ2n) is 33.2. The number of nitrogens with zero attached hydrogens (tertiary/aromatic N) is 12. The van der Waals surface area contributed by atoms with E-state index in [0.29, 0.717) is 85.8 Å². The van der Waals surface area contributed by atoms with Crippen molar-refractivity contribution in [2.24, 2.45) is 5.73 Å². The number of hydrogen-bond donors (Lipinski definition) is 13. The molecule has 3 aliphatic heterocycles. The average molecular weight is 1980 g/mol. The number of aliphatic hydroxyl groups excluding tert-OH is 3. The monoisotopic (exact) mass is 1970 g/mol. The van der Waals surface area contributed by atoms with Crippen LogP contribution >= 0.6 is 23.5 Å². The fourth-order valence-electron chi connectivity index (χ4n) is 13.0. The van der Waals surface area contributed by atoms with Crippen molar-refractivity contribution < 1.29 is 135 Å². The van der Waals surface area contributed by atoms with E-state index in [1.807, 2.05) is 4.57 Å². The number of halogens is 6. The standard InChI is InChI=1S/C35H49F3N6O6Si2.C23H21F3N6O6.C21H25N6O14P3/c1-33(2,3)51(7,8)48-21-28-27(50-52(9,10)34(4,5)6)19-29(49-28)43-22-42-30-25(15-17-39-31(30)43)41-20-24-14-13-23(18-26(24)44(46)47)12-11-16-40-32(45)35(36,37)38;24-23(25,26)22(35)28-6-1-2-13-3-4-14(16(8-13)32(36)37)10-29-15-5-7-27-21-20(15)30-12-31(21)19-9-17(34)18(11-33)38-19;22-6-1-2-13-3-4-14(16(8-13)27(29)30)10-24-15-5-7-23-21-20(15)25-12-26(21)19-9-17(28)18(39-19)11-38-43(34,35)41-44(36,37)40-42(31,32)33/h13-15,17-18,22,27-29H,16,19-21H2,1-10H3,(H,39,41)(H,40,45);3-5,7-8,12,17-19,33-34H,6,9-11H2,(H,27,29)(H,28,35);3-5,7-8,12,17-19,28H,6,9-11,22H2,(H,23,24)(H,34,35)(H,36,37)(H2,31,32,33)/t27?,28-,29-;2*17?,18-,19-/m111/s1. The predicted molar refractivity (Wildman–Crippen MR) is 471 cm³/mol. The van der Waals surface area contributed by atoms with Gasteiger partial charge in [-0.25, -0.2) is 43.6 Å². The van der Waals surface area contributed by atoms with Gasteiger partial charge in [-0.15, -0.1) is 0 Å². The molecule has 3 aliphatic rings. The first-order chi connectivity index (χ1) is 62.6. The van der Waals surface area contributed by atoms with Crippen LogP contribution in [0.15, 0.2) is 110 Å². The number of amides is 2. The van der Waals surface area contributed by atoms with Gasteiger partial charge in [0.1, 0.15) is 53.5 Å². The molecule has 3 saturated heterocycles. The molecule has 12 rings (SSSR count). The number of hydrogen-bond acceptors (Lipinski definition) is 32. The van der Waals surface area contributed by atoms with E-state index >= 15 is 0 Å². The van der Waals surface area contributed by atoms with Crippen LogP contribution in [0.1, 0.15) is 113 Å². The summed E-state index contributed by atoms with van der Waals surface area (Å²) in [5.74, 6) is 10.9. The Kier molecular flexibility index (Phi) is 33.8. The van der Waals surface area contributed by atoms with Gasteiger partial charge in [0.25, 0.3) is 17.1 Å². The maximum atomic E-state index is 12.4. The van der Waals surface area contributed by atoms with Crippen molar-refractivity contribution in [2.75, 3.05) is 55.4 Å². The Morgan fingerprint density at radius 1 is 0.530 bits per heavy atom. The lowest BCUT2D eigenvalue weighted by molar-refractivity contribution is -0.385. The minimum Gasteiger partial charge on any atom is -0.414 e. The SMILES string of the molecule is CC(C)(C)[Si](C)(C)OC[C@H]1O[C@@H](n2cnc3c(NCc4ccc(C#CCNC(=O)C(F)(F)F)cc4[N+](=O)[O-])ccnc32)CC1O[Si](C)(C)C(C)(C)C.NCC#Cc1ccc(CNc2ccnc3c2ncn3[C@H]2CC(O)[C@@H](COP(=O)(O)OP(=O)(O)OP(=O)(O)O)O2)c([N+](=O)[O-])c1.O=C(NCC#Cc1ccc(CNc2ccnc3c2ncn3[C@H]2CC(O)[C@@H](CO)O2)c([N+](=O)[O-])c1)C(F)(F)F. The molecule has 3 fully saturated rings. The number of pyridine rings is 3. The van der Waals surface area contributed by atoms with Crippen LogP contribution in [0.5, 0.6) is 0 Å². The van der Waals surface area contributed by atoms with E-state index in [-0.39, 0.29) is 96.1 Å². The van der Waals surface area contributed by atoms with E-state index in [4.69, 9.17) is 38.6 Å². The zero-order chi connectivity index (χ0) is 98.6. The molecule has 3 aromatic carbocycles. The lowest BCUT2D eigenvalue weighted by atomic mass is 10.1. The second kappa shape index (κ2) is 43.2. The molecule has 722 valence electrons. The summed E-state index contributed by atoms with van der Waals surface area (Å²) in [5.41, 5.74) is 10.9. The number of phosphoric ester groups is 1. The number of aliphatic hydroxyl groups is 3. The average Bonchev–Trinajstić information content (AvgIpc) is 1.60. The van der Waals surface area contributed by atoms with Gasteiger partial charge in [-0.3, -0.25) is 58.2 Å². The summed E-state index contributed by atoms with van der Waals surface area (Å²) in [4.78, 5) is 118. The number of anilines is 3. The topological polar surface area (TPSA) is 609 Å². The Hall–Kier alpha value is -11.2. The van der Waals surface area contributed by atoms with Crippen molar-refractivity contribution in [1.82, 2.24) is 54.2 Å². The molecule has 0 saturated carbocycles. The molecule has 44 nitrogen and oxygen atoms in total. The number of phosphoric acid groups is 3. The molecular weight excluding hydrogens is 1880 g/mol. The molecule has 14 N–H and O–H groups in total. The van der Waals surface area contributed by atoms with Crippen molar-refractivity contribution in [2.45, 2.75) is 184 Å². The third-order valence-corrected chi connectivity index (χ3v) is 34.6. The smallest absolute Gasteiger partial charge is 0.414 e. The first kappa shape index (κ1) is 105. The van der Waals surface area contributed by atoms with Crippen LogP contribution in [-0.4, -0.2) is 210 Å². The molecule has 9 aromatic rings. The number of ether oxygens (including phenoxy) is 3. The number of nitrogens with one attached hydrogen (secondary N) is 5. The number of nitro benzene ring substituents is 3. The zero-order valence-electron chi connectivity index (χ0n) is 73.0. The normalized spacial score (nSPS) is 19.6. The van der Waals surface area contributed by atoms with Crippen molar-refractivity contribution in [3.63, 3.8) is 0 Å². The number of nitro groups is 3. The number of carbonyl (C=O) groups is 2. The van der Waals surface area contributed by atoms with Crippen LogP contribution < -0.4 is 32.3 Å². The number of rotatable bonds is 30. The number of benzene rings is 3. The zero-order valence-corrected chi connectivity index (χ0v) is 77.7. The summed E-state index contributed by atoms with van der Waals surface area (Å²) in [6.45, 7) is 20.5. The van der Waals surface area contributed by atoms with Gasteiger partial charge in [0.15, 0.2) is 33.6 Å². The highest BCUT2D eigenvalue weighted by Gasteiger charge is 2.49. The Labute approximate surface area is 761 Å². The van der Waals surface area contributed by atoms with E-state index in [1.165, 1.54) is 72.1 Å². The highest BCUT2D eigenvalue weighted by molar-refractivity contribution is 7.66. The minimum atomic E-state index is -5.71. The van der Waals surface area contributed by atoms with E-state index in [1.54, 1.807) is 58.1 Å². The van der Waals surface area contributed by atoms with Crippen LogP contribution in [-0.2, 0) is 79.1 Å². The molecule has 0 bridgehead atoms. The molecule has 134 heavy (non-hydrogen) atoms. The van der Waals surface area contributed by atoms with Gasteiger partial charge in [0, 0.05) is 109 Å². The minimum absolute atomic E-state index is 0.00127. The van der Waals surface area contributed by atoms with Gasteiger partial charge in [-0.1, -0.05) is 77.1 Å². The molecule has 6 aromatic heterocycles. The third-order valence-electron chi connectivity index (χ3n) is 21.8. The second-order valence-corrected chi connectivity index (χ2v) is 47.2. The molecular formula is C79H95F6N18O26P3Si2. The molecule has 9 heterocycles. The first-order valence-electron chi connectivity index (χ1n) is 40.4. The fraction of sp³-hybridized carbons (Fsp3) is 0.443. The van der Waals surface area contributed by atoms with Crippen molar-refractivity contribution in [3.05, 3.63) is 174 Å². The third kappa shape index (κ3) is 27.6. The van der Waals surface area contributed by atoms with Gasteiger partial charge in [0.05, 0.1) is 109 Å². The molecule has 5 unspecified atom stereocenters. The van der Waals surface area contributed by atoms with E-state index in [9.17, 15) is 105 Å². The van der Waals surface area contributed by atoms with Gasteiger partial charge < -0.3 is 90.3 Å². The summed E-state index contributed by atoms with van der Waals surface area (Å²) >= 11 is 0. The highest BCUT2D eigenvalue weighted by Crippen LogP contribution is 2.66. The van der Waals surface area contributed by atoms with Gasteiger partial charge in [0.2, 0.25) is 0 Å². The van der Waals surface area contributed by atoms with E-state index in [2.05, 4.69) is 162 Å². The molecule has 0 radical (unpaired) electrons. The summed E-state index contributed by atoms with van der Waals surface area (Å²) in [6.07, 6.45) is -6.64. The number of nitrogens with two attached hydrogens (primary N) is 1. The number of alkyl halides is 6. The number of imidazole rings is 3. The van der Waals surface area contributed by atoms with E-state index in [0.717, 1.165) is 0 Å². The molecule has 2 amide bonds. The molecule has 0 aliphatic carbocycles. The van der Waals surface area contributed by atoms with Crippen LogP contribution in [0, 0.1) is 65.9 Å². The van der Waals surface area contributed by atoms with Gasteiger partial charge >= 0.3 is 47.6 Å². The van der Waals surface area contributed by atoms with Crippen molar-refractivity contribution in [3.8, 4) is 35.5 Å². The Morgan fingerprint density at radius 2 is 0.896 bits per heavy atom. The quantitative estimate of drug-likeness (QED) is 0.00497. The number of carbonyl (C=O) groups excluding carboxylic acids is 2. The number of fused-ring (bicyclic) bond motifs is 3. The lowest BCUT2D eigenvalue weighted by Crippen LogP contribution is -2.48. The molecule has 55 heteroatoms. The maximum Gasteiger partial charge on any atom is 0.490 e. The van der Waals surface area contributed by atoms with Gasteiger partial charge in [-0.05, 0) is 90.9 Å². The van der Waals surface area contributed by atoms with Crippen LogP contribution in [0.4, 0.5) is 60.5 Å². The molecule has 11 atom stereocenters. The Balaban J connectivity index is 0.000000211. The summed E-state index contributed by atoms with van der Waals surface area (Å²) in [5, 5.41) is 77.6. The largest absolute Gasteiger partial charge is 0.490 e. The van der Waals surface area contributed by atoms with Crippen LogP contribution in [0.25, 0.3) is 33.5 Å². The van der Waals surface area contributed by atoms with Crippen LogP contribution in [0.3, 0.4) is 0 Å². The highest BCUT2D eigenvalue weighted by atomic mass is 31.3. The van der Waals surface area contributed by atoms with Crippen molar-refractivity contribution >= 4 is 120 Å². The van der Waals surface area contributed by atoms with Crippen molar-refractivity contribution in [1.29, 1.82) is 0 Å². The van der Waals surface area contributed by atoms with E-state index < -0.39 is 142 Å². The first-order valence-corrected chi connectivity index (χ1v) is 50.8. The van der Waals surface area contributed by atoms with Crippen LogP contribution in [0.2, 0.25) is 36.3 Å². The Morgan fingerprint density at radius 3 is 1.25 bits per heavy atom. The summed E-state index contributed by atoms with van der Waals surface area (Å²) in [6, 6.07) is 17.9. The lowest BCUT2D eigenvalue weighted by Gasteiger charge is -2.40. The molecule has 0 spiro atoms. The number of aromatic nitrogens is 9. The fourth-order valence-corrected chi connectivity index (χ4v) is 18.4. The maximum absolute atomic E-state index is 12.4. The predicted octanol–water partition coefficient (Wildman–Crippen LogP) is 10.6. The van der Waals surface area contributed by atoms with Gasteiger partial charge in [-0.2, -0.15) is 35.0 Å². The summed E-state index contributed by atoms with van der Waals surface area (Å²) in [7, 11) is -20.9. The summed E-state index contributed by atoms with van der Waals surface area (Å²) < 4.78 is 156. The Bertz CT molecular complexity index is 6180.